The van der Waals surface area contributed by atoms with Gasteiger partial charge in [0, 0.05) is 26.2 Å². The van der Waals surface area contributed by atoms with Crippen LogP contribution in [0.25, 0.3) is 0 Å². The summed E-state index contributed by atoms with van der Waals surface area (Å²) >= 11 is 0. The van der Waals surface area contributed by atoms with Gasteiger partial charge in [-0.15, -0.1) is 0 Å². The predicted octanol–water partition coefficient (Wildman–Crippen LogP) is 1.41. The Hall–Kier alpha value is -3.08. The van der Waals surface area contributed by atoms with Crippen LogP contribution in [-0.2, 0) is 16.1 Å². The van der Waals surface area contributed by atoms with Gasteiger partial charge in [0.1, 0.15) is 6.04 Å². The highest BCUT2D eigenvalue weighted by atomic mass is 16.4. The van der Waals surface area contributed by atoms with Gasteiger partial charge in [0.05, 0.1) is 17.6 Å². The molecule has 0 radical (unpaired) electrons. The van der Waals surface area contributed by atoms with Crippen molar-refractivity contribution in [1.82, 2.24) is 15.1 Å². The van der Waals surface area contributed by atoms with Gasteiger partial charge in [0.15, 0.2) is 0 Å². The lowest BCUT2D eigenvalue weighted by atomic mass is 9.91. The Bertz CT molecular complexity index is 801. The van der Waals surface area contributed by atoms with E-state index in [2.05, 4.69) is 11.4 Å². The van der Waals surface area contributed by atoms with Crippen molar-refractivity contribution in [2.24, 2.45) is 11.8 Å². The first-order valence-corrected chi connectivity index (χ1v) is 9.43. The molecule has 0 bridgehead atoms. The summed E-state index contributed by atoms with van der Waals surface area (Å²) in [7, 11) is 0. The molecule has 28 heavy (non-hydrogen) atoms. The number of aliphatic carboxylic acids is 1. The fourth-order valence-corrected chi connectivity index (χ4v) is 3.87. The van der Waals surface area contributed by atoms with Gasteiger partial charge < -0.3 is 20.2 Å². The van der Waals surface area contributed by atoms with Crippen molar-refractivity contribution in [3.05, 3.63) is 35.4 Å². The minimum atomic E-state index is -0.894. The molecule has 0 saturated carbocycles. The van der Waals surface area contributed by atoms with E-state index in [0.717, 1.165) is 5.56 Å². The van der Waals surface area contributed by atoms with Gasteiger partial charge in [-0.3, -0.25) is 9.59 Å². The first-order valence-electron chi connectivity index (χ1n) is 9.43. The number of benzene rings is 1. The Morgan fingerprint density at radius 2 is 2.00 bits per heavy atom. The Balaban J connectivity index is 1.56. The molecule has 2 fully saturated rings. The Kier molecular flexibility index (Phi) is 5.83. The van der Waals surface area contributed by atoms with Gasteiger partial charge in [-0.25, -0.2) is 4.79 Å². The molecular weight excluding hydrogens is 360 g/mol. The zero-order chi connectivity index (χ0) is 20.3. The molecule has 0 spiro atoms. The third kappa shape index (κ3) is 4.42. The zero-order valence-electron chi connectivity index (χ0n) is 15.8. The molecule has 8 nitrogen and oxygen atoms in total. The number of rotatable bonds is 4. The Morgan fingerprint density at radius 1 is 1.29 bits per heavy atom. The summed E-state index contributed by atoms with van der Waals surface area (Å²) in [5.74, 6) is -1.50. The molecule has 3 unspecified atom stereocenters. The lowest BCUT2D eigenvalue weighted by Gasteiger charge is -2.35. The maximum absolute atomic E-state index is 12.6. The number of carboxylic acids is 1. The molecule has 0 aromatic heterocycles. The number of amides is 3. The van der Waals surface area contributed by atoms with Crippen LogP contribution < -0.4 is 5.32 Å². The average Bonchev–Trinajstić information content (AvgIpc) is 3.01. The van der Waals surface area contributed by atoms with Gasteiger partial charge in [-0.2, -0.15) is 5.26 Å². The number of carbonyl (C=O) groups excluding carboxylic acids is 2. The van der Waals surface area contributed by atoms with Crippen LogP contribution in [0.4, 0.5) is 4.79 Å². The van der Waals surface area contributed by atoms with Crippen LogP contribution in [0.1, 0.15) is 30.9 Å². The lowest BCUT2D eigenvalue weighted by molar-refractivity contribution is -0.143. The van der Waals surface area contributed by atoms with Gasteiger partial charge in [0.25, 0.3) is 0 Å². The number of piperidine rings is 1. The highest BCUT2D eigenvalue weighted by molar-refractivity contribution is 5.88. The zero-order valence-corrected chi connectivity index (χ0v) is 15.8. The SMILES string of the molecule is CC1CC(C(=O)O)CN(C(=O)NC2CCN(Cc3ccc(C#N)cc3)C2=O)C1. The lowest BCUT2D eigenvalue weighted by Crippen LogP contribution is -2.53. The van der Waals surface area contributed by atoms with Crippen molar-refractivity contribution in [3.8, 4) is 6.07 Å². The van der Waals surface area contributed by atoms with Crippen molar-refractivity contribution >= 4 is 17.9 Å². The second kappa shape index (κ2) is 8.30. The minimum absolute atomic E-state index is 0.104. The van der Waals surface area contributed by atoms with E-state index in [-0.39, 0.29) is 24.4 Å². The Morgan fingerprint density at radius 3 is 2.64 bits per heavy atom. The molecule has 0 aliphatic carbocycles. The number of hydrogen-bond acceptors (Lipinski definition) is 4. The van der Waals surface area contributed by atoms with Crippen LogP contribution in [-0.4, -0.2) is 58.5 Å². The number of carbonyl (C=O) groups is 3. The van der Waals surface area contributed by atoms with Crippen LogP contribution in [0.3, 0.4) is 0 Å². The van der Waals surface area contributed by atoms with Crippen molar-refractivity contribution in [3.63, 3.8) is 0 Å². The largest absolute Gasteiger partial charge is 0.481 e. The first-order chi connectivity index (χ1) is 13.4. The van der Waals surface area contributed by atoms with Crippen LogP contribution >= 0.6 is 0 Å². The van der Waals surface area contributed by atoms with E-state index in [1.807, 2.05) is 19.1 Å². The quantitative estimate of drug-likeness (QED) is 0.815. The molecule has 2 aliphatic heterocycles. The molecule has 3 amide bonds. The average molecular weight is 384 g/mol. The number of nitriles is 1. The second-order valence-corrected chi connectivity index (χ2v) is 7.64. The topological polar surface area (TPSA) is 114 Å². The van der Waals surface area contributed by atoms with E-state index in [0.29, 0.717) is 38.0 Å². The highest BCUT2D eigenvalue weighted by Gasteiger charge is 2.36. The third-order valence-electron chi connectivity index (χ3n) is 5.35. The maximum Gasteiger partial charge on any atom is 0.318 e. The minimum Gasteiger partial charge on any atom is -0.481 e. The predicted molar refractivity (Wildman–Crippen MR) is 100.0 cm³/mol. The van der Waals surface area contributed by atoms with E-state index in [9.17, 15) is 19.5 Å². The molecule has 2 N–H and O–H groups in total. The fourth-order valence-electron chi connectivity index (χ4n) is 3.87. The number of nitrogens with one attached hydrogen (secondary N) is 1. The standard InChI is InChI=1S/C20H24N4O4/c1-13-8-16(19(26)27)12-24(10-13)20(28)22-17-6-7-23(18(17)25)11-15-4-2-14(9-21)3-5-15/h2-5,13,16-17H,6-8,10-12H2,1H3,(H,22,28)(H,26,27). The fraction of sp³-hybridized carbons (Fsp3) is 0.500. The summed E-state index contributed by atoms with van der Waals surface area (Å²) in [5.41, 5.74) is 1.49. The summed E-state index contributed by atoms with van der Waals surface area (Å²) in [6.07, 6.45) is 1.08. The summed E-state index contributed by atoms with van der Waals surface area (Å²) < 4.78 is 0. The number of nitrogens with zero attached hydrogens (tertiary/aromatic N) is 3. The van der Waals surface area contributed by atoms with Gasteiger partial charge in [0.2, 0.25) is 5.91 Å². The molecule has 2 aliphatic rings. The summed E-state index contributed by atoms with van der Waals surface area (Å²) in [6.45, 7) is 3.55. The molecule has 148 valence electrons. The number of hydrogen-bond donors (Lipinski definition) is 2. The highest BCUT2D eigenvalue weighted by Crippen LogP contribution is 2.22. The smallest absolute Gasteiger partial charge is 0.318 e. The molecule has 3 atom stereocenters. The first kappa shape index (κ1) is 19.7. The van der Waals surface area contributed by atoms with E-state index in [4.69, 9.17) is 5.26 Å². The second-order valence-electron chi connectivity index (χ2n) is 7.64. The van der Waals surface area contributed by atoms with E-state index >= 15 is 0 Å². The van der Waals surface area contributed by atoms with Crippen molar-refractivity contribution in [2.75, 3.05) is 19.6 Å². The van der Waals surface area contributed by atoms with Crippen LogP contribution in [0.15, 0.2) is 24.3 Å². The third-order valence-corrected chi connectivity index (χ3v) is 5.35. The summed E-state index contributed by atoms with van der Waals surface area (Å²) in [6, 6.07) is 8.15. The molecular formula is C20H24N4O4. The normalized spacial score (nSPS) is 24.7. The van der Waals surface area contributed by atoms with Gasteiger partial charge in [-0.05, 0) is 36.5 Å². The molecule has 1 aromatic rings. The number of likely N-dealkylation sites (tertiary alicyclic amines) is 2. The van der Waals surface area contributed by atoms with Crippen molar-refractivity contribution in [2.45, 2.75) is 32.4 Å². The van der Waals surface area contributed by atoms with Crippen molar-refractivity contribution < 1.29 is 19.5 Å². The molecule has 2 heterocycles. The number of carboxylic acid groups (broad SMARTS) is 1. The van der Waals surface area contributed by atoms with Crippen LogP contribution in [0.2, 0.25) is 0 Å². The Labute approximate surface area is 163 Å². The molecule has 3 rings (SSSR count). The van der Waals surface area contributed by atoms with Crippen molar-refractivity contribution in [1.29, 1.82) is 5.26 Å². The van der Waals surface area contributed by atoms with E-state index < -0.39 is 17.9 Å². The monoisotopic (exact) mass is 384 g/mol. The van der Waals surface area contributed by atoms with Crippen LogP contribution in [0.5, 0.6) is 0 Å². The molecule has 2 saturated heterocycles. The van der Waals surface area contributed by atoms with Crippen LogP contribution in [0, 0.1) is 23.2 Å². The summed E-state index contributed by atoms with van der Waals surface area (Å²) in [5, 5.41) is 20.9. The van der Waals surface area contributed by atoms with Gasteiger partial charge in [-0.1, -0.05) is 19.1 Å². The maximum atomic E-state index is 12.6. The molecule has 8 heteroatoms. The van der Waals surface area contributed by atoms with E-state index in [1.165, 1.54) is 4.90 Å². The number of urea groups is 1. The molecule has 1 aromatic carbocycles. The van der Waals surface area contributed by atoms with Gasteiger partial charge >= 0.3 is 12.0 Å². The summed E-state index contributed by atoms with van der Waals surface area (Å²) in [4.78, 5) is 39.7. The van der Waals surface area contributed by atoms with E-state index in [1.54, 1.807) is 17.0 Å².